The molecule has 3 saturated carbocycles. The van der Waals surface area contributed by atoms with Gasteiger partial charge in [0.2, 0.25) is 5.91 Å². The number of nitrogens with one attached hydrogen (secondary N) is 3. The molecule has 7 rings (SSSR count). The van der Waals surface area contributed by atoms with Crippen LogP contribution >= 0.6 is 0 Å². The van der Waals surface area contributed by atoms with Crippen molar-refractivity contribution in [3.63, 3.8) is 0 Å². The minimum absolute atomic E-state index is 0.0124. The van der Waals surface area contributed by atoms with E-state index in [1.54, 1.807) is 18.2 Å². The number of hydrogen-bond donors (Lipinski definition) is 3. The van der Waals surface area contributed by atoms with Gasteiger partial charge in [-0.1, -0.05) is 65.3 Å². The number of H-pyrrole nitrogens is 1. The summed E-state index contributed by atoms with van der Waals surface area (Å²) in [6.45, 7) is 12.9. The van der Waals surface area contributed by atoms with Gasteiger partial charge in [0.15, 0.2) is 0 Å². The summed E-state index contributed by atoms with van der Waals surface area (Å²) in [5.74, 6) is -0.838. The maximum Gasteiger partial charge on any atom is 0.481 e. The van der Waals surface area contributed by atoms with E-state index in [-0.39, 0.29) is 40.9 Å². The van der Waals surface area contributed by atoms with Crippen molar-refractivity contribution >= 4 is 29.7 Å². The van der Waals surface area contributed by atoms with E-state index in [9.17, 15) is 14.4 Å². The smallest absolute Gasteiger partial charge is 0.404 e. The van der Waals surface area contributed by atoms with Gasteiger partial charge in [0.1, 0.15) is 11.9 Å². The molecule has 3 N–H and O–H groups in total. The highest BCUT2D eigenvalue weighted by Gasteiger charge is 2.68. The predicted molar refractivity (Wildman–Crippen MR) is 179 cm³/mol. The first-order valence-electron chi connectivity index (χ1n) is 17.0. The third kappa shape index (κ3) is 6.24. The lowest BCUT2D eigenvalue weighted by Gasteiger charge is -2.64. The highest BCUT2D eigenvalue weighted by Crippen LogP contribution is 2.65. The van der Waals surface area contributed by atoms with Crippen LogP contribution in [0.1, 0.15) is 95.3 Å². The Morgan fingerprint density at radius 3 is 2.55 bits per heavy atom. The van der Waals surface area contributed by atoms with Crippen LogP contribution in [0.5, 0.6) is 0 Å². The fourth-order valence-electron chi connectivity index (χ4n) is 8.25. The first kappa shape index (κ1) is 33.3. The zero-order valence-electron chi connectivity index (χ0n) is 28.2. The van der Waals surface area contributed by atoms with Gasteiger partial charge in [0, 0.05) is 11.8 Å². The normalized spacial score (nSPS) is 25.6. The number of carbonyl (C=O) groups excluding carboxylic acids is 2. The monoisotopic (exact) mass is 644 g/mol. The molecule has 2 bridgehead atoms. The minimum atomic E-state index is -0.874. The number of aromatic nitrogens is 2. The lowest BCUT2D eigenvalue weighted by atomic mass is 9.43. The molecular weight excluding hydrogens is 598 g/mol. The van der Waals surface area contributed by atoms with Crippen LogP contribution < -0.4 is 16.2 Å². The Hall–Kier alpha value is -3.57. The molecule has 1 aliphatic heterocycles. The topological polar surface area (TPSA) is 122 Å². The van der Waals surface area contributed by atoms with Crippen LogP contribution in [0, 0.1) is 29.0 Å². The maximum absolute atomic E-state index is 15.1. The lowest BCUT2D eigenvalue weighted by molar-refractivity contribution is -0.199. The van der Waals surface area contributed by atoms with Gasteiger partial charge >= 0.3 is 7.12 Å². The SMILES string of the molecule is CCC[C@H](NC(=O)c1cc(Cc2n[nH]c(=O)c3ccccc23)ccc1F)C(=O)N[C@@H](CC(C)C)B1O[C@@H]2C[C@@H]3C[C@@H](C3(C)C)[C@]2(C)O1. The number of benzene rings is 2. The number of rotatable bonds is 11. The van der Waals surface area contributed by atoms with Crippen molar-refractivity contribution < 1.29 is 23.3 Å². The number of nitrogens with zero attached hydrogens (tertiary/aromatic N) is 1. The summed E-state index contributed by atoms with van der Waals surface area (Å²) in [5, 5.41) is 13.9. The van der Waals surface area contributed by atoms with Gasteiger partial charge < -0.3 is 19.9 Å². The van der Waals surface area contributed by atoms with E-state index in [1.165, 1.54) is 12.1 Å². The zero-order chi connectivity index (χ0) is 33.7. The first-order valence-corrected chi connectivity index (χ1v) is 17.0. The third-order valence-electron chi connectivity index (χ3n) is 11.0. The van der Waals surface area contributed by atoms with Crippen molar-refractivity contribution in [1.82, 2.24) is 20.8 Å². The molecule has 2 aromatic carbocycles. The van der Waals surface area contributed by atoms with Crippen LogP contribution in [0.2, 0.25) is 0 Å². The summed E-state index contributed by atoms with van der Waals surface area (Å²) in [4.78, 5) is 39.5. The Kier molecular flexibility index (Phi) is 9.08. The molecule has 0 radical (unpaired) electrons. The highest BCUT2D eigenvalue weighted by molar-refractivity contribution is 6.48. The van der Waals surface area contributed by atoms with E-state index in [4.69, 9.17) is 9.31 Å². The molecule has 11 heteroatoms. The van der Waals surface area contributed by atoms with Crippen molar-refractivity contribution in [1.29, 1.82) is 0 Å². The molecule has 0 unspecified atom stereocenters. The van der Waals surface area contributed by atoms with Crippen molar-refractivity contribution in [3.05, 3.63) is 75.5 Å². The van der Waals surface area contributed by atoms with E-state index in [0.29, 0.717) is 53.1 Å². The van der Waals surface area contributed by atoms with E-state index in [1.807, 2.05) is 19.1 Å². The molecule has 4 aliphatic rings. The molecule has 4 fully saturated rings. The van der Waals surface area contributed by atoms with Crippen LogP contribution in [0.4, 0.5) is 4.39 Å². The van der Waals surface area contributed by atoms with Crippen LogP contribution in [-0.2, 0) is 20.5 Å². The van der Waals surface area contributed by atoms with Gasteiger partial charge in [-0.25, -0.2) is 9.49 Å². The summed E-state index contributed by atoms with van der Waals surface area (Å²) in [6, 6.07) is 10.6. The molecule has 2 amide bonds. The molecule has 9 nitrogen and oxygen atoms in total. The number of carbonyl (C=O) groups is 2. The second-order valence-electron chi connectivity index (χ2n) is 14.9. The van der Waals surface area contributed by atoms with E-state index in [0.717, 1.165) is 12.8 Å². The van der Waals surface area contributed by atoms with Gasteiger partial charge in [-0.05, 0) is 79.5 Å². The molecule has 47 heavy (non-hydrogen) atoms. The maximum atomic E-state index is 15.1. The predicted octanol–water partition coefficient (Wildman–Crippen LogP) is 5.35. The average Bonchev–Trinajstić information content (AvgIpc) is 3.40. The summed E-state index contributed by atoms with van der Waals surface area (Å²) in [7, 11) is -0.587. The summed E-state index contributed by atoms with van der Waals surface area (Å²) < 4.78 is 28.3. The van der Waals surface area contributed by atoms with Crippen molar-refractivity contribution in [2.45, 2.75) is 104 Å². The van der Waals surface area contributed by atoms with Crippen molar-refractivity contribution in [2.24, 2.45) is 23.2 Å². The fraction of sp³-hybridized carbons (Fsp3) is 0.556. The molecule has 0 spiro atoms. The second-order valence-corrected chi connectivity index (χ2v) is 14.9. The molecule has 6 atom stereocenters. The Bertz CT molecular complexity index is 1730. The zero-order valence-corrected chi connectivity index (χ0v) is 28.2. The van der Waals surface area contributed by atoms with E-state index < -0.39 is 36.4 Å². The van der Waals surface area contributed by atoms with Gasteiger partial charge in [-0.15, -0.1) is 0 Å². The molecule has 3 aliphatic carbocycles. The van der Waals surface area contributed by atoms with Crippen molar-refractivity contribution in [3.8, 4) is 0 Å². The number of aromatic amines is 1. The van der Waals surface area contributed by atoms with Gasteiger partial charge in [0.05, 0.1) is 34.3 Å². The third-order valence-corrected chi connectivity index (χ3v) is 11.0. The Morgan fingerprint density at radius 2 is 1.85 bits per heavy atom. The van der Waals surface area contributed by atoms with Gasteiger partial charge in [0.25, 0.3) is 11.5 Å². The summed E-state index contributed by atoms with van der Waals surface area (Å²) in [5.41, 5.74) is 0.584. The standard InChI is InChI=1S/C36H46BFN4O5/c1-7-10-27(34(45)40-31(15-20(2)3)37-46-30-19-22-18-29(35(22,4)5)36(30,6)47-37)39-32(43)25-16-21(13-14-26(25)38)17-28-23-11-8-9-12-24(23)33(44)42-41-28/h8-9,11-14,16,20,22,27,29-31H,7,10,15,17-19H2,1-6H3,(H,39,43)(H,40,45)(H,42,44)/t22-,27-,29-,30+,31-,36-/m0/s1. The van der Waals surface area contributed by atoms with Crippen LogP contribution in [-0.4, -0.2) is 52.8 Å². The molecule has 3 aromatic rings. The van der Waals surface area contributed by atoms with Crippen molar-refractivity contribution in [2.75, 3.05) is 0 Å². The Balaban J connectivity index is 1.17. The van der Waals surface area contributed by atoms with Gasteiger partial charge in [-0.3, -0.25) is 14.4 Å². The quantitative estimate of drug-likeness (QED) is 0.242. The Morgan fingerprint density at radius 1 is 1.11 bits per heavy atom. The second kappa shape index (κ2) is 12.8. The minimum Gasteiger partial charge on any atom is -0.404 e. The number of amides is 2. The molecular formula is C36H46BFN4O5. The molecule has 1 saturated heterocycles. The molecule has 1 aromatic heterocycles. The van der Waals surface area contributed by atoms with Crippen LogP contribution in [0.3, 0.4) is 0 Å². The molecule has 2 heterocycles. The van der Waals surface area contributed by atoms with Gasteiger partial charge in [-0.2, -0.15) is 5.10 Å². The van der Waals surface area contributed by atoms with E-state index in [2.05, 4.69) is 55.4 Å². The summed E-state index contributed by atoms with van der Waals surface area (Å²) in [6.07, 6.45) is 4.01. The fourth-order valence-corrected chi connectivity index (χ4v) is 8.25. The number of fused-ring (bicyclic) bond motifs is 1. The first-order chi connectivity index (χ1) is 22.3. The van der Waals surface area contributed by atoms with Crippen LogP contribution in [0.15, 0.2) is 47.3 Å². The average molecular weight is 645 g/mol. The highest BCUT2D eigenvalue weighted by atomic mass is 19.1. The largest absolute Gasteiger partial charge is 0.481 e. The lowest BCUT2D eigenvalue weighted by Crippen LogP contribution is -2.65. The summed E-state index contributed by atoms with van der Waals surface area (Å²) >= 11 is 0. The Labute approximate surface area is 275 Å². The van der Waals surface area contributed by atoms with Crippen LogP contribution in [0.25, 0.3) is 10.8 Å². The number of hydrogen-bond acceptors (Lipinski definition) is 6. The number of halogens is 1. The molecule has 250 valence electrons. The van der Waals surface area contributed by atoms with E-state index >= 15 is 4.39 Å².